The zero-order valence-electron chi connectivity index (χ0n) is 13.8. The molecule has 4 saturated heterocycles. The van der Waals surface area contributed by atoms with Crippen molar-refractivity contribution in [3.63, 3.8) is 0 Å². The lowest BCUT2D eigenvalue weighted by molar-refractivity contribution is -0.577. The third-order valence-corrected chi connectivity index (χ3v) is 7.32. The van der Waals surface area contributed by atoms with Gasteiger partial charge in [-0.3, -0.25) is 0 Å². The van der Waals surface area contributed by atoms with Crippen LogP contribution in [0.1, 0.15) is 60.3 Å². The Kier molecular flexibility index (Phi) is 2.90. The van der Waals surface area contributed by atoms with E-state index >= 15 is 0 Å². The number of hydrogen-bond acceptors (Lipinski definition) is 4. The van der Waals surface area contributed by atoms with E-state index in [0.29, 0.717) is 17.8 Å². The Hall–Kier alpha value is -0.160. The van der Waals surface area contributed by atoms with Gasteiger partial charge in [0.1, 0.15) is 0 Å². The van der Waals surface area contributed by atoms with Gasteiger partial charge in [-0.1, -0.05) is 20.8 Å². The first kappa shape index (κ1) is 14.4. The predicted molar refractivity (Wildman–Crippen MR) is 77.1 cm³/mol. The van der Waals surface area contributed by atoms with E-state index in [1.54, 1.807) is 0 Å². The molecular formula is C17H28O4. The zero-order chi connectivity index (χ0) is 15.0. The molecule has 1 spiro atoms. The minimum atomic E-state index is -0.666. The van der Waals surface area contributed by atoms with Crippen molar-refractivity contribution in [2.75, 3.05) is 0 Å². The van der Waals surface area contributed by atoms with Gasteiger partial charge in [-0.05, 0) is 44.9 Å². The summed E-state index contributed by atoms with van der Waals surface area (Å²) in [4.78, 5) is 12.0. The lowest BCUT2D eigenvalue weighted by atomic mass is 9.50. The van der Waals surface area contributed by atoms with Crippen LogP contribution < -0.4 is 0 Å². The first-order valence-corrected chi connectivity index (χ1v) is 8.52. The van der Waals surface area contributed by atoms with E-state index in [1.165, 1.54) is 12.8 Å². The van der Waals surface area contributed by atoms with Gasteiger partial charge in [0, 0.05) is 17.8 Å². The SMILES string of the molecule is CC1O[C@@H]2OC3(C)CC[C@@]4(C)[C@H](C)CC[C@@H](C1C)[C@@]24OO3. The molecule has 3 unspecified atom stereocenters. The van der Waals surface area contributed by atoms with Crippen LogP contribution in [0.5, 0.6) is 0 Å². The van der Waals surface area contributed by atoms with Gasteiger partial charge in [-0.2, -0.15) is 0 Å². The highest BCUT2D eigenvalue weighted by Gasteiger charge is 2.73. The Morgan fingerprint density at radius 1 is 0.952 bits per heavy atom. The van der Waals surface area contributed by atoms with Crippen molar-refractivity contribution in [3.05, 3.63) is 0 Å². The lowest BCUT2D eigenvalue weighted by Gasteiger charge is -2.64. The van der Waals surface area contributed by atoms with Gasteiger partial charge in [-0.15, -0.1) is 0 Å². The number of ether oxygens (including phenoxy) is 2. The second kappa shape index (κ2) is 4.22. The average Bonchev–Trinajstić information content (AvgIpc) is 2.61. The largest absolute Gasteiger partial charge is 0.346 e. The summed E-state index contributed by atoms with van der Waals surface area (Å²) >= 11 is 0. The minimum Gasteiger partial charge on any atom is -0.346 e. The zero-order valence-corrected chi connectivity index (χ0v) is 13.8. The summed E-state index contributed by atoms with van der Waals surface area (Å²) in [5.74, 6) is 0.826. The fourth-order valence-electron chi connectivity index (χ4n) is 5.36. The Morgan fingerprint density at radius 2 is 1.71 bits per heavy atom. The third-order valence-electron chi connectivity index (χ3n) is 7.32. The monoisotopic (exact) mass is 296 g/mol. The molecule has 5 fully saturated rings. The van der Waals surface area contributed by atoms with Crippen molar-refractivity contribution in [2.45, 2.75) is 84.1 Å². The van der Waals surface area contributed by atoms with Crippen LogP contribution in [0.3, 0.4) is 0 Å². The van der Waals surface area contributed by atoms with Crippen LogP contribution in [-0.4, -0.2) is 23.8 Å². The van der Waals surface area contributed by atoms with Crippen molar-refractivity contribution in [2.24, 2.45) is 23.2 Å². The summed E-state index contributed by atoms with van der Waals surface area (Å²) in [6.45, 7) is 11.2. The topological polar surface area (TPSA) is 36.9 Å². The van der Waals surface area contributed by atoms with Crippen LogP contribution >= 0.6 is 0 Å². The molecule has 21 heavy (non-hydrogen) atoms. The van der Waals surface area contributed by atoms with Gasteiger partial charge in [0.05, 0.1) is 6.10 Å². The van der Waals surface area contributed by atoms with Crippen molar-refractivity contribution in [3.8, 4) is 0 Å². The molecule has 5 aliphatic rings. The standard InChI is InChI=1S/C17H28O4/c1-10-6-7-13-11(2)12(3)18-14-17(13)15(10,4)8-9-16(5,19-14)20-21-17/h10-14H,6-9H2,1-5H3/t10-,11?,12?,13+,14-,15+,16?,17-/m1/s1. The van der Waals surface area contributed by atoms with E-state index in [4.69, 9.17) is 19.2 Å². The Bertz CT molecular complexity index is 454. The Morgan fingerprint density at radius 3 is 2.48 bits per heavy atom. The molecule has 2 bridgehead atoms. The summed E-state index contributed by atoms with van der Waals surface area (Å²) in [6, 6.07) is 0. The quantitative estimate of drug-likeness (QED) is 0.639. The molecule has 8 atom stereocenters. The first-order chi connectivity index (χ1) is 9.82. The van der Waals surface area contributed by atoms with Gasteiger partial charge in [0.25, 0.3) is 0 Å². The Labute approximate surface area is 127 Å². The van der Waals surface area contributed by atoms with Crippen LogP contribution in [0.25, 0.3) is 0 Å². The summed E-state index contributed by atoms with van der Waals surface area (Å²) < 4.78 is 12.6. The van der Waals surface area contributed by atoms with Crippen molar-refractivity contribution >= 4 is 0 Å². The number of fused-ring (bicyclic) bond motifs is 2. The second-order valence-electron chi connectivity index (χ2n) is 8.25. The molecule has 5 rings (SSSR count). The van der Waals surface area contributed by atoms with E-state index in [9.17, 15) is 0 Å². The van der Waals surface area contributed by atoms with Crippen molar-refractivity contribution in [1.29, 1.82) is 0 Å². The maximum Gasteiger partial charge on any atom is 0.201 e. The third kappa shape index (κ3) is 1.60. The van der Waals surface area contributed by atoms with Crippen molar-refractivity contribution < 1.29 is 19.2 Å². The molecule has 0 aromatic rings. The maximum absolute atomic E-state index is 6.30. The predicted octanol–water partition coefficient (Wildman–Crippen LogP) is 3.65. The molecule has 0 radical (unpaired) electrons. The molecular weight excluding hydrogens is 268 g/mol. The summed E-state index contributed by atoms with van der Waals surface area (Å²) in [5, 5.41) is 0. The van der Waals surface area contributed by atoms with Crippen LogP contribution in [0.4, 0.5) is 0 Å². The fraction of sp³-hybridized carbons (Fsp3) is 1.00. The Balaban J connectivity index is 1.88. The molecule has 0 amide bonds. The molecule has 4 nitrogen and oxygen atoms in total. The highest BCUT2D eigenvalue weighted by molar-refractivity contribution is 5.14. The maximum atomic E-state index is 6.30. The average molecular weight is 296 g/mol. The lowest BCUT2D eigenvalue weighted by Crippen LogP contribution is -2.73. The van der Waals surface area contributed by atoms with Gasteiger partial charge >= 0.3 is 0 Å². The smallest absolute Gasteiger partial charge is 0.201 e. The van der Waals surface area contributed by atoms with E-state index < -0.39 is 11.4 Å². The molecule has 0 N–H and O–H groups in total. The number of rotatable bonds is 0. The molecule has 120 valence electrons. The fourth-order valence-corrected chi connectivity index (χ4v) is 5.36. The molecule has 4 aliphatic heterocycles. The summed E-state index contributed by atoms with van der Waals surface area (Å²) in [5.41, 5.74) is -0.407. The highest BCUT2D eigenvalue weighted by Crippen LogP contribution is 2.66. The van der Waals surface area contributed by atoms with E-state index in [0.717, 1.165) is 12.8 Å². The molecule has 1 aliphatic carbocycles. The van der Waals surface area contributed by atoms with Crippen molar-refractivity contribution in [1.82, 2.24) is 0 Å². The molecule has 4 heteroatoms. The van der Waals surface area contributed by atoms with Gasteiger partial charge in [0.2, 0.25) is 5.79 Å². The van der Waals surface area contributed by atoms with Gasteiger partial charge in [-0.25, -0.2) is 9.78 Å². The van der Waals surface area contributed by atoms with Crippen LogP contribution in [0.2, 0.25) is 0 Å². The van der Waals surface area contributed by atoms with E-state index in [2.05, 4.69) is 27.7 Å². The summed E-state index contributed by atoms with van der Waals surface area (Å²) in [6.07, 6.45) is 4.27. The number of hydrogen-bond donors (Lipinski definition) is 0. The second-order valence-corrected chi connectivity index (χ2v) is 8.25. The van der Waals surface area contributed by atoms with Crippen LogP contribution in [-0.2, 0) is 19.2 Å². The van der Waals surface area contributed by atoms with Gasteiger partial charge < -0.3 is 9.47 Å². The molecule has 4 heterocycles. The molecule has 0 aromatic heterocycles. The van der Waals surface area contributed by atoms with E-state index in [-0.39, 0.29) is 17.8 Å². The molecule has 1 saturated carbocycles. The van der Waals surface area contributed by atoms with Gasteiger partial charge in [0.15, 0.2) is 11.9 Å². The summed E-state index contributed by atoms with van der Waals surface area (Å²) in [7, 11) is 0. The van der Waals surface area contributed by atoms with E-state index in [1.807, 2.05) is 6.92 Å². The van der Waals surface area contributed by atoms with Crippen LogP contribution in [0, 0.1) is 23.2 Å². The van der Waals surface area contributed by atoms with Crippen LogP contribution in [0.15, 0.2) is 0 Å². The normalized spacial score (nSPS) is 63.0. The molecule has 0 aromatic carbocycles. The highest BCUT2D eigenvalue weighted by atomic mass is 17.3. The minimum absolute atomic E-state index is 0.0449. The first-order valence-electron chi connectivity index (χ1n) is 8.52.